The van der Waals surface area contributed by atoms with E-state index in [1.165, 1.54) is 0 Å². The number of carbonyl (C=O) groups is 1. The highest BCUT2D eigenvalue weighted by Crippen LogP contribution is 2.16. The fraction of sp³-hybridized carbons (Fsp3) is 0.857. The van der Waals surface area contributed by atoms with Gasteiger partial charge >= 0.3 is 6.18 Å². The van der Waals surface area contributed by atoms with Gasteiger partial charge in [0.05, 0.1) is 13.2 Å². The first kappa shape index (κ1) is 13.2. The number of amides is 1. The molecule has 0 unspecified atom stereocenters. The van der Waals surface area contributed by atoms with Crippen LogP contribution in [0, 0.1) is 0 Å². The van der Waals surface area contributed by atoms with Crippen molar-refractivity contribution in [3.63, 3.8) is 0 Å². The Hall–Kier alpha value is -0.820. The molecule has 0 aromatic rings. The molecule has 0 heterocycles. The van der Waals surface area contributed by atoms with Gasteiger partial charge in [-0.15, -0.1) is 0 Å². The Labute approximate surface area is 79.5 Å². The maximum Gasteiger partial charge on any atom is 0.401 e. The highest BCUT2D eigenvalue weighted by atomic mass is 19.4. The van der Waals surface area contributed by atoms with Crippen molar-refractivity contribution in [3.05, 3.63) is 0 Å². The van der Waals surface area contributed by atoms with E-state index >= 15 is 0 Å². The Bertz CT molecular complexity index is 184. The van der Waals surface area contributed by atoms with E-state index in [0.717, 1.165) is 4.90 Å². The highest BCUT2D eigenvalue weighted by Gasteiger charge is 2.30. The van der Waals surface area contributed by atoms with E-state index in [2.05, 4.69) is 0 Å². The van der Waals surface area contributed by atoms with Gasteiger partial charge in [-0.05, 0) is 0 Å². The third-order valence-corrected chi connectivity index (χ3v) is 1.49. The zero-order valence-corrected chi connectivity index (χ0v) is 7.55. The number of hydrogen-bond donors (Lipinski definition) is 2. The van der Waals surface area contributed by atoms with Gasteiger partial charge in [-0.25, -0.2) is 0 Å². The Morgan fingerprint density at radius 3 is 2.29 bits per heavy atom. The number of aliphatic hydroxyl groups excluding tert-OH is 1. The third kappa shape index (κ3) is 7.81. The molecule has 1 amide bonds. The normalized spacial score (nSPS) is 12.1. The summed E-state index contributed by atoms with van der Waals surface area (Å²) in [6, 6.07) is 0. The van der Waals surface area contributed by atoms with Crippen molar-refractivity contribution in [1.82, 2.24) is 4.90 Å². The van der Waals surface area contributed by atoms with Crippen molar-refractivity contribution >= 4 is 5.91 Å². The molecule has 0 aliphatic rings. The summed E-state index contributed by atoms with van der Waals surface area (Å²) < 4.78 is 35.7. The molecule has 14 heavy (non-hydrogen) atoms. The lowest BCUT2D eigenvalue weighted by atomic mass is 10.3. The Morgan fingerprint density at radius 1 is 1.36 bits per heavy atom. The molecule has 0 aliphatic heterocycles. The number of hydrogen-bond acceptors (Lipinski definition) is 3. The lowest BCUT2D eigenvalue weighted by molar-refractivity contribution is -0.147. The second-order valence-corrected chi connectivity index (χ2v) is 2.83. The average Bonchev–Trinajstić information content (AvgIpc) is 1.98. The van der Waals surface area contributed by atoms with Gasteiger partial charge in [0.1, 0.15) is 0 Å². The molecule has 84 valence electrons. The molecule has 0 saturated carbocycles. The Morgan fingerprint density at radius 2 is 1.93 bits per heavy atom. The van der Waals surface area contributed by atoms with E-state index in [4.69, 9.17) is 10.8 Å². The molecule has 4 nitrogen and oxygen atoms in total. The zero-order valence-electron chi connectivity index (χ0n) is 7.55. The Kier molecular flexibility index (Phi) is 5.47. The van der Waals surface area contributed by atoms with Gasteiger partial charge in [0.2, 0.25) is 5.91 Å². The second-order valence-electron chi connectivity index (χ2n) is 2.83. The second kappa shape index (κ2) is 5.82. The van der Waals surface area contributed by atoms with Gasteiger partial charge in [-0.3, -0.25) is 9.69 Å². The van der Waals surface area contributed by atoms with Crippen LogP contribution in [0.4, 0.5) is 13.2 Å². The van der Waals surface area contributed by atoms with E-state index < -0.39 is 18.6 Å². The van der Waals surface area contributed by atoms with Gasteiger partial charge in [0, 0.05) is 19.5 Å². The lowest BCUT2D eigenvalue weighted by Gasteiger charge is -2.21. The number of aliphatic hydroxyl groups is 1. The molecular weight excluding hydrogens is 201 g/mol. The summed E-state index contributed by atoms with van der Waals surface area (Å²) in [5.41, 5.74) is 4.79. The average molecular weight is 214 g/mol. The predicted molar refractivity (Wildman–Crippen MR) is 43.4 cm³/mol. The van der Waals surface area contributed by atoms with Crippen LogP contribution in [0.3, 0.4) is 0 Å². The van der Waals surface area contributed by atoms with Crippen LogP contribution in [0.15, 0.2) is 0 Å². The molecular formula is C7H13F3N2O2. The lowest BCUT2D eigenvalue weighted by Crippen LogP contribution is -2.38. The number of primary amides is 1. The molecule has 7 heteroatoms. The van der Waals surface area contributed by atoms with Crippen LogP contribution in [0.2, 0.25) is 0 Å². The maximum atomic E-state index is 11.9. The van der Waals surface area contributed by atoms with Gasteiger partial charge < -0.3 is 10.8 Å². The molecule has 0 rings (SSSR count). The van der Waals surface area contributed by atoms with Crippen LogP contribution in [0.1, 0.15) is 6.42 Å². The first-order valence-electron chi connectivity index (χ1n) is 4.03. The van der Waals surface area contributed by atoms with E-state index in [9.17, 15) is 18.0 Å². The van der Waals surface area contributed by atoms with E-state index in [1.54, 1.807) is 0 Å². The van der Waals surface area contributed by atoms with Crippen molar-refractivity contribution in [3.8, 4) is 0 Å². The molecule has 0 atom stereocenters. The molecule has 0 saturated heterocycles. The van der Waals surface area contributed by atoms with Crippen molar-refractivity contribution in [2.45, 2.75) is 12.6 Å². The predicted octanol–water partition coefficient (Wildman–Crippen LogP) is -0.282. The number of halogens is 3. The molecule has 3 N–H and O–H groups in total. The van der Waals surface area contributed by atoms with E-state index in [-0.39, 0.29) is 26.1 Å². The first-order chi connectivity index (χ1) is 6.35. The van der Waals surface area contributed by atoms with Crippen molar-refractivity contribution < 1.29 is 23.1 Å². The fourth-order valence-electron chi connectivity index (χ4n) is 0.933. The summed E-state index contributed by atoms with van der Waals surface area (Å²) in [4.78, 5) is 11.3. The highest BCUT2D eigenvalue weighted by molar-refractivity contribution is 5.73. The topological polar surface area (TPSA) is 66.6 Å². The monoisotopic (exact) mass is 214 g/mol. The Balaban J connectivity index is 3.95. The number of alkyl halides is 3. The van der Waals surface area contributed by atoms with E-state index in [0.29, 0.717) is 0 Å². The SMILES string of the molecule is NC(=O)CCN(CCO)CC(F)(F)F. The summed E-state index contributed by atoms with van der Waals surface area (Å²) in [5.74, 6) is -0.657. The smallest absolute Gasteiger partial charge is 0.395 e. The zero-order chi connectivity index (χ0) is 11.2. The first-order valence-corrected chi connectivity index (χ1v) is 4.03. The van der Waals surface area contributed by atoms with Crippen LogP contribution in [0.25, 0.3) is 0 Å². The van der Waals surface area contributed by atoms with Crippen molar-refractivity contribution in [1.29, 1.82) is 0 Å². The summed E-state index contributed by atoms with van der Waals surface area (Å²) >= 11 is 0. The third-order valence-electron chi connectivity index (χ3n) is 1.49. The molecule has 0 aromatic carbocycles. The maximum absolute atomic E-state index is 11.9. The van der Waals surface area contributed by atoms with Crippen molar-refractivity contribution in [2.75, 3.05) is 26.2 Å². The largest absolute Gasteiger partial charge is 0.401 e. The molecule has 0 fully saturated rings. The summed E-state index contributed by atoms with van der Waals surface area (Å²) in [5, 5.41) is 8.47. The number of carbonyl (C=O) groups excluding carboxylic acids is 1. The minimum absolute atomic E-state index is 0.0879. The quantitative estimate of drug-likeness (QED) is 0.639. The summed E-state index contributed by atoms with van der Waals surface area (Å²) in [6.07, 6.45) is -4.47. The van der Waals surface area contributed by atoms with Gasteiger partial charge in [0.25, 0.3) is 0 Å². The minimum atomic E-state index is -4.33. The molecule has 0 radical (unpaired) electrons. The van der Waals surface area contributed by atoms with Crippen LogP contribution in [-0.4, -0.2) is 48.3 Å². The molecule has 0 bridgehead atoms. The number of nitrogens with two attached hydrogens (primary N) is 1. The number of rotatable bonds is 6. The summed E-state index contributed by atoms with van der Waals surface area (Å²) in [7, 11) is 0. The van der Waals surface area contributed by atoms with Crippen molar-refractivity contribution in [2.24, 2.45) is 5.73 Å². The van der Waals surface area contributed by atoms with Crippen LogP contribution in [0.5, 0.6) is 0 Å². The fourth-order valence-corrected chi connectivity index (χ4v) is 0.933. The summed E-state index contributed by atoms with van der Waals surface area (Å²) in [6.45, 7) is -1.72. The van der Waals surface area contributed by atoms with Gasteiger partial charge in [0.15, 0.2) is 0 Å². The van der Waals surface area contributed by atoms with Gasteiger partial charge in [-0.1, -0.05) is 0 Å². The number of nitrogens with zero attached hydrogens (tertiary/aromatic N) is 1. The molecule has 0 spiro atoms. The standard InChI is InChI=1S/C7H13F3N2O2/c8-7(9,10)5-12(3-4-13)2-1-6(11)14/h13H,1-5H2,(H2,11,14). The van der Waals surface area contributed by atoms with Crippen LogP contribution >= 0.6 is 0 Å². The molecule has 0 aliphatic carbocycles. The van der Waals surface area contributed by atoms with Crippen LogP contribution in [-0.2, 0) is 4.79 Å². The van der Waals surface area contributed by atoms with E-state index in [1.807, 2.05) is 0 Å². The van der Waals surface area contributed by atoms with Gasteiger partial charge in [-0.2, -0.15) is 13.2 Å². The minimum Gasteiger partial charge on any atom is -0.395 e. The molecule has 0 aromatic heterocycles. The van der Waals surface area contributed by atoms with Crippen LogP contribution < -0.4 is 5.73 Å².